The highest BCUT2D eigenvalue weighted by Gasteiger charge is 2.06. The van der Waals surface area contributed by atoms with Crippen molar-refractivity contribution in [3.05, 3.63) is 53.5 Å². The Morgan fingerprint density at radius 3 is 3.09 bits per heavy atom. The third-order valence-corrected chi connectivity index (χ3v) is 3.99. The van der Waals surface area contributed by atoms with E-state index in [4.69, 9.17) is 11.2 Å². The largest absolute Gasteiger partial charge is 0.481 e. The fourth-order valence-corrected chi connectivity index (χ4v) is 2.91. The van der Waals surface area contributed by atoms with Gasteiger partial charge in [-0.2, -0.15) is 0 Å². The maximum absolute atomic E-state index is 12.2. The van der Waals surface area contributed by atoms with Gasteiger partial charge in [0.2, 0.25) is 5.91 Å². The molecule has 0 aliphatic heterocycles. The molecular weight excluding hydrogens is 308 g/mol. The number of nitrogens with zero attached hydrogens (tertiary/aromatic N) is 1. The van der Waals surface area contributed by atoms with Gasteiger partial charge in [0.15, 0.2) is 0 Å². The molecule has 23 heavy (non-hydrogen) atoms. The summed E-state index contributed by atoms with van der Waals surface area (Å²) < 4.78 is 6.41. The molecule has 0 saturated heterocycles. The second-order valence-electron chi connectivity index (χ2n) is 4.90. The molecule has 1 N–H and O–H groups in total. The fourth-order valence-electron chi connectivity index (χ4n) is 2.19. The van der Waals surface area contributed by atoms with Crippen molar-refractivity contribution in [1.29, 1.82) is 0 Å². The number of nitrogens with one attached hydrogen (secondary N) is 1. The summed E-state index contributed by atoms with van der Waals surface area (Å²) >= 11 is 1.55. The van der Waals surface area contributed by atoms with Gasteiger partial charge in [-0.25, -0.2) is 4.98 Å². The molecule has 1 heterocycles. The highest BCUT2D eigenvalue weighted by Crippen LogP contribution is 2.22. The molecule has 5 heteroatoms. The molecule has 114 valence electrons. The van der Waals surface area contributed by atoms with Gasteiger partial charge >= 0.3 is 0 Å². The Balaban J connectivity index is 1.65. The molecular formula is C18H14N2O2S. The monoisotopic (exact) mass is 322 g/mol. The first kappa shape index (κ1) is 15.1. The molecule has 0 radical (unpaired) electrons. The Hall–Kier alpha value is -2.84. The van der Waals surface area contributed by atoms with E-state index in [0.29, 0.717) is 5.75 Å². The molecule has 0 aliphatic rings. The predicted molar refractivity (Wildman–Crippen MR) is 92.7 cm³/mol. The maximum atomic E-state index is 12.2. The molecule has 1 aromatic heterocycles. The second-order valence-corrected chi connectivity index (χ2v) is 5.79. The summed E-state index contributed by atoms with van der Waals surface area (Å²) in [6.45, 7) is 0.213. The molecule has 1 amide bonds. The van der Waals surface area contributed by atoms with Crippen molar-refractivity contribution >= 4 is 33.1 Å². The number of fused-ring (bicyclic) bond motifs is 1. The number of aromatic nitrogens is 1. The number of amides is 1. The first-order valence-electron chi connectivity index (χ1n) is 7.03. The highest BCUT2D eigenvalue weighted by molar-refractivity contribution is 7.16. The summed E-state index contributed by atoms with van der Waals surface area (Å²) in [5.41, 5.74) is 4.37. The molecule has 3 aromatic rings. The first-order valence-corrected chi connectivity index (χ1v) is 7.91. The van der Waals surface area contributed by atoms with Gasteiger partial charge in [0.05, 0.1) is 22.1 Å². The Bertz CT molecular complexity index is 880. The van der Waals surface area contributed by atoms with Crippen LogP contribution in [0.3, 0.4) is 0 Å². The van der Waals surface area contributed by atoms with Crippen LogP contribution in [-0.4, -0.2) is 17.5 Å². The zero-order valence-corrected chi connectivity index (χ0v) is 13.1. The number of carbonyl (C=O) groups is 1. The topological polar surface area (TPSA) is 51.2 Å². The van der Waals surface area contributed by atoms with Gasteiger partial charge in [0.25, 0.3) is 0 Å². The second kappa shape index (κ2) is 6.95. The molecule has 3 rings (SSSR count). The van der Waals surface area contributed by atoms with Gasteiger partial charge < -0.3 is 10.1 Å². The van der Waals surface area contributed by atoms with Crippen LogP contribution >= 0.6 is 11.3 Å². The van der Waals surface area contributed by atoms with Crippen LogP contribution in [0.4, 0.5) is 5.69 Å². The molecule has 2 aromatic carbocycles. The van der Waals surface area contributed by atoms with E-state index < -0.39 is 0 Å². The number of thiazole rings is 1. The minimum atomic E-state index is -0.0806. The van der Waals surface area contributed by atoms with Crippen molar-refractivity contribution in [2.75, 3.05) is 11.9 Å². The zero-order chi connectivity index (χ0) is 16.1. The van der Waals surface area contributed by atoms with Crippen LogP contribution < -0.4 is 10.1 Å². The quantitative estimate of drug-likeness (QED) is 0.732. The standard InChI is InChI=1S/C18H14N2O2S/c1-2-8-22-15-5-3-4-13(9-15)10-18(21)20-14-6-7-16-17(11-14)23-12-19-16/h1,3-7,9,11-12H,8,10H2,(H,20,21). The number of hydrogen-bond acceptors (Lipinski definition) is 4. The van der Waals surface area contributed by atoms with Gasteiger partial charge in [-0.15, -0.1) is 17.8 Å². The van der Waals surface area contributed by atoms with E-state index in [1.54, 1.807) is 16.8 Å². The molecule has 4 nitrogen and oxygen atoms in total. The van der Waals surface area contributed by atoms with Crippen LogP contribution in [-0.2, 0) is 11.2 Å². The number of ether oxygens (including phenoxy) is 1. The Morgan fingerprint density at radius 2 is 2.22 bits per heavy atom. The van der Waals surface area contributed by atoms with E-state index in [0.717, 1.165) is 21.5 Å². The van der Waals surface area contributed by atoms with Gasteiger partial charge in [-0.05, 0) is 35.9 Å². The number of rotatable bonds is 5. The van der Waals surface area contributed by atoms with Crippen LogP contribution in [0.25, 0.3) is 10.2 Å². The third-order valence-electron chi connectivity index (χ3n) is 3.20. The summed E-state index contributed by atoms with van der Waals surface area (Å²) in [5, 5.41) is 2.90. The van der Waals surface area contributed by atoms with Crippen molar-refractivity contribution in [2.45, 2.75) is 6.42 Å². The first-order chi connectivity index (χ1) is 11.2. The van der Waals surface area contributed by atoms with Crippen LogP contribution in [0, 0.1) is 12.3 Å². The van der Waals surface area contributed by atoms with Gasteiger partial charge in [0.1, 0.15) is 12.4 Å². The SMILES string of the molecule is C#CCOc1cccc(CC(=O)Nc2ccc3ncsc3c2)c1. The van der Waals surface area contributed by atoms with Crippen molar-refractivity contribution in [3.63, 3.8) is 0 Å². The molecule has 0 unspecified atom stereocenters. The van der Waals surface area contributed by atoms with Gasteiger partial charge in [0, 0.05) is 5.69 Å². The molecule has 0 saturated carbocycles. The minimum Gasteiger partial charge on any atom is -0.481 e. The van der Waals surface area contributed by atoms with Gasteiger partial charge in [-0.3, -0.25) is 4.79 Å². The third kappa shape index (κ3) is 3.87. The van der Waals surface area contributed by atoms with Crippen LogP contribution in [0.15, 0.2) is 48.0 Å². The summed E-state index contributed by atoms with van der Waals surface area (Å²) in [6.07, 6.45) is 5.44. The summed E-state index contributed by atoms with van der Waals surface area (Å²) in [5.74, 6) is 3.00. The lowest BCUT2D eigenvalue weighted by atomic mass is 10.1. The van der Waals surface area contributed by atoms with Crippen molar-refractivity contribution < 1.29 is 9.53 Å². The van der Waals surface area contributed by atoms with Crippen molar-refractivity contribution in [3.8, 4) is 18.1 Å². The predicted octanol–water partition coefficient (Wildman–Crippen LogP) is 3.49. The Kier molecular flexibility index (Phi) is 4.55. The minimum absolute atomic E-state index is 0.0806. The van der Waals surface area contributed by atoms with Crippen LogP contribution in [0.5, 0.6) is 5.75 Å². The van der Waals surface area contributed by atoms with Crippen LogP contribution in [0.1, 0.15) is 5.56 Å². The summed E-state index contributed by atoms with van der Waals surface area (Å²) in [6, 6.07) is 13.0. The number of hydrogen-bond donors (Lipinski definition) is 1. The lowest BCUT2D eigenvalue weighted by Crippen LogP contribution is -2.14. The number of carbonyl (C=O) groups excluding carboxylic acids is 1. The molecule has 0 bridgehead atoms. The lowest BCUT2D eigenvalue weighted by Gasteiger charge is -2.07. The van der Waals surface area contributed by atoms with Gasteiger partial charge in [-0.1, -0.05) is 18.1 Å². The molecule has 0 aliphatic carbocycles. The highest BCUT2D eigenvalue weighted by atomic mass is 32.1. The van der Waals surface area contributed by atoms with E-state index in [1.807, 2.05) is 42.5 Å². The lowest BCUT2D eigenvalue weighted by molar-refractivity contribution is -0.115. The average Bonchev–Trinajstić information content (AvgIpc) is 3.01. The molecule has 0 fully saturated rings. The number of anilines is 1. The Morgan fingerprint density at radius 1 is 1.30 bits per heavy atom. The maximum Gasteiger partial charge on any atom is 0.228 e. The normalized spacial score (nSPS) is 10.2. The van der Waals surface area contributed by atoms with E-state index in [2.05, 4.69) is 16.2 Å². The number of benzene rings is 2. The smallest absolute Gasteiger partial charge is 0.228 e. The van der Waals surface area contributed by atoms with E-state index in [9.17, 15) is 4.79 Å². The summed E-state index contributed by atoms with van der Waals surface area (Å²) in [7, 11) is 0. The molecule has 0 atom stereocenters. The fraction of sp³-hybridized carbons (Fsp3) is 0.111. The van der Waals surface area contributed by atoms with Crippen molar-refractivity contribution in [2.24, 2.45) is 0 Å². The van der Waals surface area contributed by atoms with Crippen molar-refractivity contribution in [1.82, 2.24) is 4.98 Å². The van der Waals surface area contributed by atoms with E-state index in [1.165, 1.54) is 0 Å². The Labute approximate surface area is 138 Å². The van der Waals surface area contributed by atoms with E-state index >= 15 is 0 Å². The van der Waals surface area contributed by atoms with Crippen LogP contribution in [0.2, 0.25) is 0 Å². The van der Waals surface area contributed by atoms with E-state index in [-0.39, 0.29) is 18.9 Å². The summed E-state index contributed by atoms with van der Waals surface area (Å²) in [4.78, 5) is 16.4. The zero-order valence-electron chi connectivity index (χ0n) is 12.3. The number of terminal acetylenes is 1. The average molecular weight is 322 g/mol. The molecule has 0 spiro atoms.